The number of piperidine rings is 1. The van der Waals surface area contributed by atoms with Crippen molar-refractivity contribution in [2.24, 2.45) is 11.8 Å². The lowest BCUT2D eigenvalue weighted by Crippen LogP contribution is -2.76. The van der Waals surface area contributed by atoms with Crippen LogP contribution >= 0.6 is 0 Å². The van der Waals surface area contributed by atoms with Crippen LogP contribution in [-0.4, -0.2) is 60.5 Å². The van der Waals surface area contributed by atoms with Gasteiger partial charge >= 0.3 is 0 Å². The zero-order valence-electron chi connectivity index (χ0n) is 21.8. The van der Waals surface area contributed by atoms with E-state index in [-0.39, 0.29) is 6.61 Å². The maximum Gasteiger partial charge on any atom is 0.138 e. The molecule has 38 heavy (non-hydrogen) atoms. The average Bonchev–Trinajstić information content (AvgIpc) is 3.29. The molecule has 4 aromatic heterocycles. The SMILES string of the molecule is Cc1nccc(N[C@H]2[C@H](C)C3[C@H]2CN3c2ccc(-c3cc(OCC(C)(C)O)cn4ncc(C#N)c34)cn2)n1. The summed E-state index contributed by atoms with van der Waals surface area (Å²) in [5.74, 6) is 4.15. The van der Waals surface area contributed by atoms with Gasteiger partial charge < -0.3 is 20.1 Å². The van der Waals surface area contributed by atoms with Crippen molar-refractivity contribution in [1.82, 2.24) is 24.6 Å². The molecule has 2 fully saturated rings. The Balaban J connectivity index is 1.22. The Morgan fingerprint density at radius 2 is 2.08 bits per heavy atom. The standard InChI is InChI=1S/C28H30N8O2/c1-16-25(34-23-7-8-30-17(2)33-23)22-14-35(26(16)22)24-6-5-18(11-31-24)21-9-20(38-15-28(3,4)37)13-36-27(21)19(10-29)12-32-36/h5-9,11-13,16,22,25-26,37H,14-15H2,1-4H3,(H,30,33,34)/t16-,22-,25-,26?/m0/s1. The molecule has 2 aliphatic rings. The van der Waals surface area contributed by atoms with Crippen molar-refractivity contribution >= 4 is 17.2 Å². The van der Waals surface area contributed by atoms with Crippen LogP contribution in [0.2, 0.25) is 0 Å². The Bertz CT molecular complexity index is 1530. The zero-order valence-corrected chi connectivity index (χ0v) is 21.8. The number of aromatic nitrogens is 5. The van der Waals surface area contributed by atoms with Crippen molar-refractivity contribution in [2.75, 3.05) is 23.4 Å². The molecule has 1 aliphatic heterocycles. The van der Waals surface area contributed by atoms with Crippen molar-refractivity contribution in [3.8, 4) is 22.9 Å². The van der Waals surface area contributed by atoms with E-state index in [0.29, 0.717) is 40.7 Å². The quantitative estimate of drug-likeness (QED) is 0.385. The molecule has 194 valence electrons. The van der Waals surface area contributed by atoms with Crippen LogP contribution in [0.25, 0.3) is 16.6 Å². The summed E-state index contributed by atoms with van der Waals surface area (Å²) in [5.41, 5.74) is 1.86. The molecule has 1 aliphatic carbocycles. The number of nitrogens with one attached hydrogen (secondary N) is 1. The molecule has 1 saturated carbocycles. The van der Waals surface area contributed by atoms with E-state index >= 15 is 0 Å². The maximum absolute atomic E-state index is 10.1. The lowest BCUT2D eigenvalue weighted by atomic mass is 9.59. The predicted molar refractivity (Wildman–Crippen MR) is 143 cm³/mol. The molecule has 1 saturated heterocycles. The largest absolute Gasteiger partial charge is 0.489 e. The molecular formula is C28H30N8O2. The summed E-state index contributed by atoms with van der Waals surface area (Å²) in [6.45, 7) is 8.62. The van der Waals surface area contributed by atoms with Crippen molar-refractivity contribution in [3.63, 3.8) is 0 Å². The summed E-state index contributed by atoms with van der Waals surface area (Å²) < 4.78 is 7.48. The maximum atomic E-state index is 10.1. The highest BCUT2D eigenvalue weighted by Crippen LogP contribution is 2.49. The summed E-state index contributed by atoms with van der Waals surface area (Å²) >= 11 is 0. The van der Waals surface area contributed by atoms with Gasteiger partial charge in [-0.3, -0.25) is 0 Å². The number of anilines is 2. The number of hydrogen-bond acceptors (Lipinski definition) is 9. The molecular weight excluding hydrogens is 480 g/mol. The monoisotopic (exact) mass is 510 g/mol. The molecule has 0 bridgehead atoms. The van der Waals surface area contributed by atoms with E-state index in [1.165, 1.54) is 0 Å². The smallest absolute Gasteiger partial charge is 0.138 e. The summed E-state index contributed by atoms with van der Waals surface area (Å²) in [6.07, 6.45) is 6.90. The minimum atomic E-state index is -0.976. The molecule has 0 aromatic carbocycles. The lowest BCUT2D eigenvalue weighted by molar-refractivity contribution is 0.0283. The molecule has 0 amide bonds. The van der Waals surface area contributed by atoms with E-state index < -0.39 is 5.60 Å². The van der Waals surface area contributed by atoms with Gasteiger partial charge in [0, 0.05) is 48.1 Å². The highest BCUT2D eigenvalue weighted by molar-refractivity contribution is 5.85. The van der Waals surface area contributed by atoms with Crippen LogP contribution in [-0.2, 0) is 0 Å². The molecule has 10 nitrogen and oxygen atoms in total. The first-order valence-electron chi connectivity index (χ1n) is 12.8. The third-order valence-corrected chi connectivity index (χ3v) is 7.52. The van der Waals surface area contributed by atoms with Gasteiger partial charge in [-0.2, -0.15) is 10.4 Å². The Kier molecular flexibility index (Phi) is 5.69. The molecule has 4 aromatic rings. The van der Waals surface area contributed by atoms with Gasteiger partial charge in [0.1, 0.15) is 35.9 Å². The summed E-state index contributed by atoms with van der Waals surface area (Å²) in [6, 6.07) is 10.9. The number of aryl methyl sites for hydroxylation is 1. The average molecular weight is 511 g/mol. The first kappa shape index (κ1) is 24.1. The summed E-state index contributed by atoms with van der Waals surface area (Å²) in [7, 11) is 0. The lowest BCUT2D eigenvalue weighted by Gasteiger charge is -2.64. The molecule has 1 unspecified atom stereocenters. The number of nitriles is 1. The minimum absolute atomic E-state index is 0.129. The fourth-order valence-electron chi connectivity index (χ4n) is 5.65. The minimum Gasteiger partial charge on any atom is -0.489 e. The van der Waals surface area contributed by atoms with Gasteiger partial charge in [-0.15, -0.1) is 0 Å². The number of aliphatic hydroxyl groups is 1. The van der Waals surface area contributed by atoms with Crippen LogP contribution in [0.5, 0.6) is 5.75 Å². The number of nitrogens with zero attached hydrogens (tertiary/aromatic N) is 7. The van der Waals surface area contributed by atoms with Crippen LogP contribution in [0.3, 0.4) is 0 Å². The summed E-state index contributed by atoms with van der Waals surface area (Å²) in [5, 5.41) is 27.7. The number of pyridine rings is 2. The molecule has 0 spiro atoms. The first-order valence-corrected chi connectivity index (χ1v) is 12.8. The van der Waals surface area contributed by atoms with Crippen LogP contribution in [0.15, 0.2) is 49.1 Å². The van der Waals surface area contributed by atoms with Gasteiger partial charge in [0.05, 0.1) is 29.1 Å². The second-order valence-corrected chi connectivity index (χ2v) is 10.9. The van der Waals surface area contributed by atoms with Crippen LogP contribution in [0.1, 0.15) is 32.2 Å². The van der Waals surface area contributed by atoms with E-state index in [4.69, 9.17) is 9.72 Å². The topological polar surface area (TPSA) is 124 Å². The van der Waals surface area contributed by atoms with E-state index in [1.807, 2.05) is 37.4 Å². The van der Waals surface area contributed by atoms with E-state index in [0.717, 1.165) is 35.1 Å². The highest BCUT2D eigenvalue weighted by Gasteiger charge is 2.58. The molecule has 6 rings (SSSR count). The van der Waals surface area contributed by atoms with Gasteiger partial charge in [0.2, 0.25) is 0 Å². The normalized spacial score (nSPS) is 22.3. The number of hydrogen-bond donors (Lipinski definition) is 2. The van der Waals surface area contributed by atoms with Crippen molar-refractivity contribution < 1.29 is 9.84 Å². The predicted octanol–water partition coefficient (Wildman–Crippen LogP) is 3.45. The fourth-order valence-corrected chi connectivity index (χ4v) is 5.65. The fraction of sp³-hybridized carbons (Fsp3) is 0.393. The van der Waals surface area contributed by atoms with Crippen molar-refractivity contribution in [3.05, 3.63) is 60.4 Å². The Labute approximate surface area is 220 Å². The highest BCUT2D eigenvalue weighted by atomic mass is 16.5. The molecule has 10 heteroatoms. The second-order valence-electron chi connectivity index (χ2n) is 10.9. The van der Waals surface area contributed by atoms with Gasteiger partial charge in [0.15, 0.2) is 0 Å². The summed E-state index contributed by atoms with van der Waals surface area (Å²) in [4.78, 5) is 15.8. The van der Waals surface area contributed by atoms with Gasteiger partial charge in [-0.1, -0.05) is 6.92 Å². The zero-order chi connectivity index (χ0) is 26.6. The van der Waals surface area contributed by atoms with E-state index in [1.54, 1.807) is 37.0 Å². The van der Waals surface area contributed by atoms with Gasteiger partial charge in [-0.25, -0.2) is 19.5 Å². The second kappa shape index (κ2) is 8.96. The Morgan fingerprint density at radius 1 is 1.24 bits per heavy atom. The van der Waals surface area contributed by atoms with Crippen molar-refractivity contribution in [2.45, 2.75) is 45.4 Å². The third kappa shape index (κ3) is 4.19. The molecule has 2 N–H and O–H groups in total. The third-order valence-electron chi connectivity index (χ3n) is 7.52. The van der Waals surface area contributed by atoms with Gasteiger partial charge in [-0.05, 0) is 51.0 Å². The van der Waals surface area contributed by atoms with Crippen LogP contribution in [0.4, 0.5) is 11.6 Å². The molecule has 0 radical (unpaired) electrons. The van der Waals surface area contributed by atoms with E-state index in [9.17, 15) is 10.4 Å². The van der Waals surface area contributed by atoms with Crippen molar-refractivity contribution in [1.29, 1.82) is 5.26 Å². The Morgan fingerprint density at radius 3 is 2.76 bits per heavy atom. The number of ether oxygens (including phenoxy) is 1. The number of fused-ring (bicyclic) bond motifs is 2. The number of rotatable bonds is 7. The van der Waals surface area contributed by atoms with Crippen LogP contribution < -0.4 is 15.0 Å². The van der Waals surface area contributed by atoms with Crippen LogP contribution in [0, 0.1) is 30.1 Å². The first-order chi connectivity index (χ1) is 18.2. The molecule has 4 atom stereocenters. The van der Waals surface area contributed by atoms with Gasteiger partial charge in [0.25, 0.3) is 0 Å². The molecule has 5 heterocycles. The van der Waals surface area contributed by atoms with E-state index in [2.05, 4.69) is 38.3 Å². The Hall–Kier alpha value is -4.23.